The molecule has 0 amide bonds. The lowest BCUT2D eigenvalue weighted by Gasteiger charge is -2.06. The van der Waals surface area contributed by atoms with Crippen molar-refractivity contribution in [3.8, 4) is 11.3 Å². The Kier molecular flexibility index (Phi) is 4.15. The predicted molar refractivity (Wildman–Crippen MR) is 102 cm³/mol. The molecule has 0 aliphatic rings. The second-order valence-corrected chi connectivity index (χ2v) is 8.98. The lowest BCUT2D eigenvalue weighted by atomic mass is 10.1. The molecule has 0 bridgehead atoms. The second-order valence-electron chi connectivity index (χ2n) is 5.87. The first-order valence-electron chi connectivity index (χ1n) is 7.94. The number of benzene rings is 1. The fraction of sp³-hybridized carbons (Fsp3) is 0.111. The molecule has 4 rings (SSSR count). The number of hydrogen-bond acceptors (Lipinski definition) is 5. The first-order valence-corrected chi connectivity index (χ1v) is 10.4. The molecule has 0 saturated heterocycles. The summed E-state index contributed by atoms with van der Waals surface area (Å²) in [5.74, 6) is -0.670. The van der Waals surface area contributed by atoms with Crippen LogP contribution in [0.25, 0.3) is 27.9 Å². The summed E-state index contributed by atoms with van der Waals surface area (Å²) in [7, 11) is -3.73. The van der Waals surface area contributed by atoms with Crippen molar-refractivity contribution in [3.63, 3.8) is 0 Å². The molecular weight excluding hydrogens is 439 g/mol. The number of halogens is 2. The molecule has 138 valence electrons. The first kappa shape index (κ1) is 17.9. The minimum Gasteiger partial charge on any atom is -0.422 e. The van der Waals surface area contributed by atoms with Crippen LogP contribution in [0.1, 0.15) is 6.92 Å². The highest BCUT2D eigenvalue weighted by Gasteiger charge is 2.27. The molecule has 1 aromatic carbocycles. The summed E-state index contributed by atoms with van der Waals surface area (Å²) in [6.45, 7) is 1.51. The molecule has 0 aliphatic carbocycles. The van der Waals surface area contributed by atoms with Crippen LogP contribution in [-0.4, -0.2) is 23.6 Å². The van der Waals surface area contributed by atoms with Crippen LogP contribution in [0.4, 0.5) is 4.39 Å². The van der Waals surface area contributed by atoms with Gasteiger partial charge in [-0.1, -0.05) is 6.92 Å². The van der Waals surface area contributed by atoms with Gasteiger partial charge in [-0.25, -0.2) is 22.6 Å². The van der Waals surface area contributed by atoms with Crippen LogP contribution in [0, 0.1) is 5.82 Å². The van der Waals surface area contributed by atoms with Crippen molar-refractivity contribution < 1.29 is 17.2 Å². The average molecular weight is 451 g/mol. The van der Waals surface area contributed by atoms with Crippen LogP contribution in [0.5, 0.6) is 0 Å². The zero-order valence-electron chi connectivity index (χ0n) is 13.9. The van der Waals surface area contributed by atoms with Gasteiger partial charge in [0.15, 0.2) is 14.9 Å². The third kappa shape index (κ3) is 2.96. The summed E-state index contributed by atoms with van der Waals surface area (Å²) >= 11 is 3.31. The quantitative estimate of drug-likeness (QED) is 0.443. The average Bonchev–Trinajstić information content (AvgIpc) is 3.00. The van der Waals surface area contributed by atoms with Crippen LogP contribution in [0.3, 0.4) is 0 Å². The van der Waals surface area contributed by atoms with E-state index >= 15 is 0 Å². The highest BCUT2D eigenvalue weighted by Crippen LogP contribution is 2.30. The number of sulfone groups is 1. The predicted octanol–water partition coefficient (Wildman–Crippen LogP) is 3.80. The molecule has 0 unspecified atom stereocenters. The maximum Gasteiger partial charge on any atom is 0.345 e. The van der Waals surface area contributed by atoms with Crippen LogP contribution in [-0.2, 0) is 9.84 Å². The third-order valence-electron chi connectivity index (χ3n) is 4.16. The van der Waals surface area contributed by atoms with Gasteiger partial charge in [-0.05, 0) is 52.3 Å². The van der Waals surface area contributed by atoms with Gasteiger partial charge in [0.2, 0.25) is 0 Å². The van der Waals surface area contributed by atoms with E-state index < -0.39 is 21.3 Å². The topological polar surface area (TPSA) is 81.6 Å². The van der Waals surface area contributed by atoms with Crippen molar-refractivity contribution >= 4 is 42.4 Å². The number of rotatable bonds is 3. The van der Waals surface area contributed by atoms with Gasteiger partial charge in [-0.3, -0.25) is 4.40 Å². The number of aromatic nitrogens is 2. The smallest absolute Gasteiger partial charge is 0.345 e. The van der Waals surface area contributed by atoms with Crippen molar-refractivity contribution in [2.75, 3.05) is 5.75 Å². The molecule has 0 aliphatic heterocycles. The first-order chi connectivity index (χ1) is 12.8. The molecule has 0 N–H and O–H groups in total. The Morgan fingerprint density at radius 2 is 2.00 bits per heavy atom. The molecule has 0 radical (unpaired) electrons. The van der Waals surface area contributed by atoms with Crippen molar-refractivity contribution in [1.29, 1.82) is 0 Å². The molecule has 0 saturated carbocycles. The number of imidazole rings is 1. The molecule has 27 heavy (non-hydrogen) atoms. The summed E-state index contributed by atoms with van der Waals surface area (Å²) in [6.07, 6.45) is 1.57. The normalized spacial score (nSPS) is 12.1. The Labute approximate surface area is 161 Å². The van der Waals surface area contributed by atoms with Gasteiger partial charge in [-0.15, -0.1) is 0 Å². The van der Waals surface area contributed by atoms with Crippen LogP contribution in [0.15, 0.2) is 61.3 Å². The third-order valence-corrected chi connectivity index (χ3v) is 6.37. The van der Waals surface area contributed by atoms with Crippen molar-refractivity contribution in [2.24, 2.45) is 0 Å². The van der Waals surface area contributed by atoms with E-state index in [2.05, 4.69) is 20.9 Å². The highest BCUT2D eigenvalue weighted by molar-refractivity contribution is 9.10. The van der Waals surface area contributed by atoms with E-state index in [1.54, 1.807) is 18.3 Å². The maximum atomic E-state index is 13.6. The van der Waals surface area contributed by atoms with E-state index in [9.17, 15) is 17.6 Å². The van der Waals surface area contributed by atoms with Crippen LogP contribution >= 0.6 is 15.9 Å². The van der Waals surface area contributed by atoms with E-state index in [0.29, 0.717) is 15.5 Å². The van der Waals surface area contributed by atoms with E-state index in [0.717, 1.165) is 0 Å². The summed E-state index contributed by atoms with van der Waals surface area (Å²) < 4.78 is 46.4. The monoisotopic (exact) mass is 450 g/mol. The molecule has 0 fully saturated rings. The van der Waals surface area contributed by atoms with E-state index in [-0.39, 0.29) is 27.6 Å². The summed E-state index contributed by atoms with van der Waals surface area (Å²) in [6, 6.07) is 8.48. The molecular formula is C18H12BrFN2O4S. The summed E-state index contributed by atoms with van der Waals surface area (Å²) in [5.41, 5.74) is -0.241. The second kappa shape index (κ2) is 6.28. The van der Waals surface area contributed by atoms with Gasteiger partial charge in [-0.2, -0.15) is 0 Å². The minimum absolute atomic E-state index is 0.0186. The van der Waals surface area contributed by atoms with Gasteiger partial charge < -0.3 is 4.42 Å². The summed E-state index contributed by atoms with van der Waals surface area (Å²) in [4.78, 5) is 16.9. The van der Waals surface area contributed by atoms with E-state index in [1.807, 2.05) is 0 Å². The number of pyridine rings is 1. The van der Waals surface area contributed by atoms with Gasteiger partial charge in [0, 0.05) is 16.1 Å². The van der Waals surface area contributed by atoms with E-state index in [4.69, 9.17) is 4.42 Å². The summed E-state index contributed by atoms with van der Waals surface area (Å²) in [5, 5.41) is 0.229. The lowest BCUT2D eigenvalue weighted by molar-refractivity contribution is 0.560. The van der Waals surface area contributed by atoms with Crippen molar-refractivity contribution in [1.82, 2.24) is 9.38 Å². The van der Waals surface area contributed by atoms with Gasteiger partial charge >= 0.3 is 5.63 Å². The number of fused-ring (bicyclic) bond motifs is 2. The Bertz CT molecular complexity index is 1380. The Morgan fingerprint density at radius 1 is 1.22 bits per heavy atom. The SMILES string of the molecule is CCS(=O)(=O)c1c(-c2cc3cc(F)ccc3oc2=O)nc2ccc(Br)cn12. The standard InChI is InChI=1S/C18H12BrFN2O4S/c1-2-27(24,25)17-16(21-15-6-3-11(19)9-22(15)17)13-8-10-7-12(20)4-5-14(10)26-18(13)23/h3-9H,2H2,1H3. The molecule has 0 spiro atoms. The largest absolute Gasteiger partial charge is 0.422 e. The molecule has 0 atom stereocenters. The van der Waals surface area contributed by atoms with Crippen molar-refractivity contribution in [2.45, 2.75) is 11.9 Å². The minimum atomic E-state index is -3.73. The zero-order valence-corrected chi connectivity index (χ0v) is 16.3. The maximum absolute atomic E-state index is 13.6. The highest BCUT2D eigenvalue weighted by atomic mass is 79.9. The molecule has 3 aromatic heterocycles. The van der Waals surface area contributed by atoms with Crippen LogP contribution < -0.4 is 5.63 Å². The Hall–Kier alpha value is -2.52. The molecule has 6 nitrogen and oxygen atoms in total. The fourth-order valence-corrected chi connectivity index (χ4v) is 4.37. The van der Waals surface area contributed by atoms with Gasteiger partial charge in [0.1, 0.15) is 22.7 Å². The van der Waals surface area contributed by atoms with Crippen LogP contribution in [0.2, 0.25) is 0 Å². The van der Waals surface area contributed by atoms with E-state index in [1.165, 1.54) is 35.6 Å². The zero-order chi connectivity index (χ0) is 19.3. The molecule has 4 aromatic rings. The van der Waals surface area contributed by atoms with Crippen molar-refractivity contribution in [3.05, 3.63) is 63.3 Å². The van der Waals surface area contributed by atoms with Gasteiger partial charge in [0.25, 0.3) is 0 Å². The number of nitrogens with zero attached hydrogens (tertiary/aromatic N) is 2. The lowest BCUT2D eigenvalue weighted by Crippen LogP contribution is -2.11. The Morgan fingerprint density at radius 3 is 2.74 bits per heavy atom. The Balaban J connectivity index is 2.13. The molecule has 9 heteroatoms. The fourth-order valence-electron chi connectivity index (χ4n) is 2.87. The van der Waals surface area contributed by atoms with Gasteiger partial charge in [0.05, 0.1) is 11.3 Å². The molecule has 3 heterocycles. The number of hydrogen-bond donors (Lipinski definition) is 0.